The summed E-state index contributed by atoms with van der Waals surface area (Å²) in [6, 6.07) is 2.47. The Bertz CT molecular complexity index is 620. The summed E-state index contributed by atoms with van der Waals surface area (Å²) in [6.07, 6.45) is 4.95. The molecule has 1 saturated carbocycles. The number of sulfonamides is 1. The van der Waals surface area contributed by atoms with Gasteiger partial charge in [-0.3, -0.25) is 0 Å². The van der Waals surface area contributed by atoms with Gasteiger partial charge in [-0.15, -0.1) is 0 Å². The van der Waals surface area contributed by atoms with Gasteiger partial charge in [-0.25, -0.2) is 13.2 Å². The number of fused-ring (bicyclic) bond motifs is 1. The molecule has 2 fully saturated rings. The second kappa shape index (κ2) is 4.89. The topological polar surface area (TPSA) is 87.8 Å². The molecular weight excluding hydrogens is 282 g/mol. The van der Waals surface area contributed by atoms with Crippen molar-refractivity contribution >= 4 is 16.0 Å². The van der Waals surface area contributed by atoms with E-state index in [0.29, 0.717) is 12.5 Å². The molecule has 0 bridgehead atoms. The van der Waals surface area contributed by atoms with Crippen molar-refractivity contribution in [1.82, 2.24) is 4.31 Å². The molecule has 0 spiro atoms. The fraction of sp³-hybridized carbons (Fsp3) is 0.615. The molecular formula is C13H17NO5S. The van der Waals surface area contributed by atoms with Crippen molar-refractivity contribution in [3.05, 3.63) is 17.9 Å². The molecule has 20 heavy (non-hydrogen) atoms. The maximum absolute atomic E-state index is 12.6. The Hall–Kier alpha value is -1.34. The van der Waals surface area contributed by atoms with Crippen LogP contribution in [-0.2, 0) is 10.0 Å². The van der Waals surface area contributed by atoms with Gasteiger partial charge >= 0.3 is 5.97 Å². The summed E-state index contributed by atoms with van der Waals surface area (Å²) < 4.78 is 31.7. The third-order valence-electron chi connectivity index (χ3n) is 4.30. The highest BCUT2D eigenvalue weighted by Crippen LogP contribution is 2.39. The van der Waals surface area contributed by atoms with Gasteiger partial charge < -0.3 is 9.52 Å². The SMILES string of the molecule is O=C(O)c1ccc(S(=O)(=O)N2CCCC3CCCC32)o1. The van der Waals surface area contributed by atoms with E-state index in [-0.39, 0.29) is 16.9 Å². The second-order valence-corrected chi connectivity index (χ2v) is 7.26. The van der Waals surface area contributed by atoms with Crippen molar-refractivity contribution < 1.29 is 22.7 Å². The van der Waals surface area contributed by atoms with Gasteiger partial charge in [0.2, 0.25) is 10.9 Å². The summed E-state index contributed by atoms with van der Waals surface area (Å²) in [5.41, 5.74) is 0. The lowest BCUT2D eigenvalue weighted by Gasteiger charge is -2.35. The Morgan fingerprint density at radius 1 is 1.25 bits per heavy atom. The number of carbonyl (C=O) groups is 1. The van der Waals surface area contributed by atoms with E-state index in [1.807, 2.05) is 0 Å². The van der Waals surface area contributed by atoms with Crippen LogP contribution in [0, 0.1) is 5.92 Å². The molecule has 2 atom stereocenters. The van der Waals surface area contributed by atoms with Gasteiger partial charge in [0.1, 0.15) is 0 Å². The summed E-state index contributed by atoms with van der Waals surface area (Å²) in [7, 11) is -3.73. The Kier molecular flexibility index (Phi) is 3.33. The minimum absolute atomic E-state index is 0.0483. The molecule has 1 N–H and O–H groups in total. The van der Waals surface area contributed by atoms with Crippen molar-refractivity contribution in [2.24, 2.45) is 5.92 Å². The van der Waals surface area contributed by atoms with Crippen LogP contribution in [0.25, 0.3) is 0 Å². The Labute approximate surface area is 117 Å². The second-order valence-electron chi connectivity index (χ2n) is 5.44. The standard InChI is InChI=1S/C13H17NO5S/c15-13(16)11-6-7-12(19-11)20(17,18)14-8-2-4-9-3-1-5-10(9)14/h6-7,9-10H,1-5,8H2,(H,15,16). The van der Waals surface area contributed by atoms with Crippen LogP contribution in [-0.4, -0.2) is 36.4 Å². The molecule has 7 heteroatoms. The first-order valence-corrected chi connectivity index (χ1v) is 8.29. The molecule has 2 aliphatic rings. The highest BCUT2D eigenvalue weighted by atomic mass is 32.2. The third-order valence-corrected chi connectivity index (χ3v) is 6.10. The van der Waals surface area contributed by atoms with E-state index in [0.717, 1.165) is 32.1 Å². The predicted molar refractivity (Wildman–Crippen MR) is 69.9 cm³/mol. The number of rotatable bonds is 3. The zero-order valence-electron chi connectivity index (χ0n) is 11.0. The van der Waals surface area contributed by atoms with E-state index in [1.165, 1.54) is 16.4 Å². The number of piperidine rings is 1. The van der Waals surface area contributed by atoms with E-state index >= 15 is 0 Å². The highest BCUT2D eigenvalue weighted by Gasteiger charge is 2.42. The minimum Gasteiger partial charge on any atom is -0.475 e. The molecule has 110 valence electrons. The van der Waals surface area contributed by atoms with Gasteiger partial charge in [0, 0.05) is 12.6 Å². The van der Waals surface area contributed by atoms with E-state index in [4.69, 9.17) is 9.52 Å². The van der Waals surface area contributed by atoms with Crippen molar-refractivity contribution in [3.8, 4) is 0 Å². The van der Waals surface area contributed by atoms with E-state index < -0.39 is 16.0 Å². The fourth-order valence-corrected chi connectivity index (χ4v) is 5.07. The first-order valence-electron chi connectivity index (χ1n) is 6.85. The molecule has 2 unspecified atom stereocenters. The van der Waals surface area contributed by atoms with Gasteiger partial charge in [0.05, 0.1) is 0 Å². The largest absolute Gasteiger partial charge is 0.475 e. The monoisotopic (exact) mass is 299 g/mol. The zero-order chi connectivity index (χ0) is 14.3. The van der Waals surface area contributed by atoms with Gasteiger partial charge in [-0.1, -0.05) is 6.42 Å². The third kappa shape index (κ3) is 2.14. The minimum atomic E-state index is -3.73. The molecule has 1 aliphatic heterocycles. The van der Waals surface area contributed by atoms with Crippen molar-refractivity contribution in [2.75, 3.05) is 6.54 Å². The van der Waals surface area contributed by atoms with Crippen LogP contribution < -0.4 is 0 Å². The van der Waals surface area contributed by atoms with E-state index in [9.17, 15) is 13.2 Å². The molecule has 0 amide bonds. The number of nitrogens with zero attached hydrogens (tertiary/aromatic N) is 1. The lowest BCUT2D eigenvalue weighted by Crippen LogP contribution is -2.45. The van der Waals surface area contributed by atoms with Gasteiger partial charge in [0.25, 0.3) is 10.0 Å². The molecule has 6 nitrogen and oxygen atoms in total. The molecule has 0 aromatic carbocycles. The fourth-order valence-electron chi connectivity index (χ4n) is 3.40. The molecule has 1 aliphatic carbocycles. The summed E-state index contributed by atoms with van der Waals surface area (Å²) in [6.45, 7) is 0.493. The Balaban J connectivity index is 1.92. The summed E-state index contributed by atoms with van der Waals surface area (Å²) in [5.74, 6) is -1.17. The number of hydrogen-bond acceptors (Lipinski definition) is 4. The first kappa shape index (κ1) is 13.6. The predicted octanol–water partition coefficient (Wildman–Crippen LogP) is 1.93. The normalized spacial score (nSPS) is 27.4. The van der Waals surface area contributed by atoms with Crippen LogP contribution in [0.5, 0.6) is 0 Å². The first-order chi connectivity index (χ1) is 9.50. The quantitative estimate of drug-likeness (QED) is 0.921. The van der Waals surface area contributed by atoms with Crippen LogP contribution in [0.4, 0.5) is 0 Å². The van der Waals surface area contributed by atoms with E-state index in [1.54, 1.807) is 0 Å². The Morgan fingerprint density at radius 3 is 2.70 bits per heavy atom. The van der Waals surface area contributed by atoms with Crippen LogP contribution in [0.3, 0.4) is 0 Å². The molecule has 1 saturated heterocycles. The van der Waals surface area contributed by atoms with Gasteiger partial charge in [-0.2, -0.15) is 4.31 Å². The smallest absolute Gasteiger partial charge is 0.371 e. The van der Waals surface area contributed by atoms with Crippen molar-refractivity contribution in [3.63, 3.8) is 0 Å². The van der Waals surface area contributed by atoms with Crippen LogP contribution in [0.15, 0.2) is 21.6 Å². The van der Waals surface area contributed by atoms with Gasteiger partial charge in [0.15, 0.2) is 0 Å². The lowest BCUT2D eigenvalue weighted by atomic mass is 9.94. The highest BCUT2D eigenvalue weighted by molar-refractivity contribution is 7.89. The summed E-state index contributed by atoms with van der Waals surface area (Å²) in [4.78, 5) is 10.8. The van der Waals surface area contributed by atoms with Crippen LogP contribution in [0.1, 0.15) is 42.7 Å². The van der Waals surface area contributed by atoms with E-state index in [2.05, 4.69) is 0 Å². The molecule has 2 heterocycles. The number of carboxylic acids is 1. The molecule has 1 aromatic heterocycles. The maximum Gasteiger partial charge on any atom is 0.371 e. The van der Waals surface area contributed by atoms with Crippen molar-refractivity contribution in [2.45, 2.75) is 43.2 Å². The van der Waals surface area contributed by atoms with Crippen LogP contribution in [0.2, 0.25) is 0 Å². The number of hydrogen-bond donors (Lipinski definition) is 1. The number of carboxylic acid groups (broad SMARTS) is 1. The molecule has 3 rings (SSSR count). The van der Waals surface area contributed by atoms with Crippen LogP contribution >= 0.6 is 0 Å². The molecule has 0 radical (unpaired) electrons. The lowest BCUT2D eigenvalue weighted by molar-refractivity contribution is 0.0656. The summed E-state index contributed by atoms with van der Waals surface area (Å²) in [5, 5.41) is 8.56. The van der Waals surface area contributed by atoms with Gasteiger partial charge in [-0.05, 0) is 43.7 Å². The van der Waals surface area contributed by atoms with Crippen molar-refractivity contribution in [1.29, 1.82) is 0 Å². The number of aromatic carboxylic acids is 1. The Morgan fingerprint density at radius 2 is 2.00 bits per heavy atom. The molecule has 1 aromatic rings. The maximum atomic E-state index is 12.6. The number of furan rings is 1. The summed E-state index contributed by atoms with van der Waals surface area (Å²) >= 11 is 0. The average Bonchev–Trinajstić information content (AvgIpc) is 3.07. The average molecular weight is 299 g/mol. The zero-order valence-corrected chi connectivity index (χ0v) is 11.8.